The molecule has 0 atom stereocenters. The van der Waals surface area contributed by atoms with Gasteiger partial charge in [0.1, 0.15) is 17.9 Å². The first kappa shape index (κ1) is 18.7. The highest BCUT2D eigenvalue weighted by Gasteiger charge is 2.39. The molecule has 1 amide bonds. The lowest BCUT2D eigenvalue weighted by Gasteiger charge is -2.35. The smallest absolute Gasteiger partial charge is 0.298 e. The first-order valence-corrected chi connectivity index (χ1v) is 8.46. The maximum atomic E-state index is 12.8. The van der Waals surface area contributed by atoms with E-state index in [2.05, 4.69) is 29.2 Å². The topological polar surface area (TPSA) is 20.3 Å². The van der Waals surface area contributed by atoms with Gasteiger partial charge in [0.05, 0.1) is 6.92 Å². The fourth-order valence-electron chi connectivity index (χ4n) is 3.59. The summed E-state index contributed by atoms with van der Waals surface area (Å²) in [5.74, 6) is 0.168. The molecule has 1 fully saturated rings. The Balaban J connectivity index is 0.00000208. The van der Waals surface area contributed by atoms with Crippen molar-refractivity contribution in [1.29, 1.82) is 0 Å². The van der Waals surface area contributed by atoms with E-state index in [0.717, 1.165) is 37.6 Å². The third-order valence-corrected chi connectivity index (χ3v) is 4.88. The predicted octanol–water partition coefficient (Wildman–Crippen LogP) is 4.39. The number of carbonyl (C=O) groups excluding carboxylic acids is 1. The Bertz CT molecular complexity index is 600. The quantitative estimate of drug-likeness (QED) is 0.749. The van der Waals surface area contributed by atoms with Crippen molar-refractivity contribution in [2.45, 2.75) is 19.8 Å². The summed E-state index contributed by atoms with van der Waals surface area (Å²) in [5.41, 5.74) is 2.09. The first-order valence-electron chi connectivity index (χ1n) is 8.46. The minimum absolute atomic E-state index is 0. The Hall–Kier alpha value is -1.68. The molecular formula is C20H26ClN2O+. The molecule has 0 aliphatic carbocycles. The van der Waals surface area contributed by atoms with Crippen LogP contribution in [0.3, 0.4) is 0 Å². The van der Waals surface area contributed by atoms with E-state index in [0.29, 0.717) is 0 Å². The number of quaternary nitrogens is 1. The van der Waals surface area contributed by atoms with Crippen molar-refractivity contribution < 1.29 is 4.79 Å². The summed E-state index contributed by atoms with van der Waals surface area (Å²) < 4.78 is 0.290. The number of hydrogen-bond donors (Lipinski definition) is 0. The Morgan fingerprint density at radius 2 is 1.38 bits per heavy atom. The zero-order valence-electron chi connectivity index (χ0n) is 14.2. The molecule has 1 aliphatic heterocycles. The van der Waals surface area contributed by atoms with Gasteiger partial charge in [-0.05, 0) is 25.9 Å². The van der Waals surface area contributed by atoms with Crippen LogP contribution in [0.1, 0.15) is 19.8 Å². The van der Waals surface area contributed by atoms with Crippen LogP contribution in [0.5, 0.6) is 0 Å². The number of amides is 1. The third kappa shape index (κ3) is 3.69. The van der Waals surface area contributed by atoms with E-state index in [9.17, 15) is 4.79 Å². The maximum absolute atomic E-state index is 12.8. The molecule has 0 N–H and O–H groups in total. The Kier molecular flexibility index (Phi) is 6.55. The molecule has 0 aromatic heterocycles. The zero-order chi connectivity index (χ0) is 16.1. The second-order valence-electron chi connectivity index (χ2n) is 6.27. The van der Waals surface area contributed by atoms with E-state index >= 15 is 0 Å². The summed E-state index contributed by atoms with van der Waals surface area (Å²) >= 11 is 0. The number of rotatable bonds is 5. The number of nitrogens with zero attached hydrogens (tertiary/aromatic N) is 2. The highest BCUT2D eigenvalue weighted by Crippen LogP contribution is 2.35. The van der Waals surface area contributed by atoms with Gasteiger partial charge >= 0.3 is 5.91 Å². The molecule has 0 bridgehead atoms. The van der Waals surface area contributed by atoms with Crippen LogP contribution >= 0.6 is 12.4 Å². The van der Waals surface area contributed by atoms with Gasteiger partial charge < -0.3 is 0 Å². The summed E-state index contributed by atoms with van der Waals surface area (Å²) in [6.45, 7) is 5.75. The second kappa shape index (κ2) is 8.43. The lowest BCUT2D eigenvalue weighted by molar-refractivity contribution is -0.125. The fraction of sp³-hybridized carbons (Fsp3) is 0.350. The van der Waals surface area contributed by atoms with E-state index in [1.807, 2.05) is 36.4 Å². The van der Waals surface area contributed by atoms with Gasteiger partial charge in [0.25, 0.3) is 0 Å². The monoisotopic (exact) mass is 345 g/mol. The summed E-state index contributed by atoms with van der Waals surface area (Å²) in [5, 5.41) is 0. The third-order valence-electron chi connectivity index (χ3n) is 4.88. The van der Waals surface area contributed by atoms with Gasteiger partial charge in [-0.15, -0.1) is 12.4 Å². The van der Waals surface area contributed by atoms with Crippen molar-refractivity contribution >= 4 is 29.7 Å². The molecule has 3 rings (SSSR count). The van der Waals surface area contributed by atoms with Crippen molar-refractivity contribution in [3.05, 3.63) is 60.7 Å². The molecule has 1 saturated heterocycles. The first-order chi connectivity index (χ1) is 11.2. The van der Waals surface area contributed by atoms with Crippen molar-refractivity contribution in [3.8, 4) is 0 Å². The molecule has 0 unspecified atom stereocenters. The normalized spacial score (nSPS) is 15.0. The minimum atomic E-state index is 0. The van der Waals surface area contributed by atoms with E-state index in [4.69, 9.17) is 0 Å². The van der Waals surface area contributed by atoms with Crippen molar-refractivity contribution in [1.82, 2.24) is 9.38 Å². The molecule has 4 heteroatoms. The lowest BCUT2D eigenvalue weighted by atomic mass is 10.1. The van der Waals surface area contributed by atoms with E-state index in [1.54, 1.807) is 6.92 Å². The number of carbonyl (C=O) groups is 1. The van der Waals surface area contributed by atoms with Gasteiger partial charge in [-0.3, -0.25) is 4.90 Å². The SMILES string of the molecule is CC(=O)[N+](CCN1CCCC1)(c1ccccc1)c1ccccc1.Cl. The number of para-hydroxylation sites is 2. The maximum Gasteiger partial charge on any atom is 0.320 e. The summed E-state index contributed by atoms with van der Waals surface area (Å²) in [4.78, 5) is 15.3. The van der Waals surface area contributed by atoms with Crippen LogP contribution in [0.2, 0.25) is 0 Å². The Morgan fingerprint density at radius 1 is 0.917 bits per heavy atom. The van der Waals surface area contributed by atoms with E-state index in [-0.39, 0.29) is 22.8 Å². The Labute approximate surface area is 150 Å². The van der Waals surface area contributed by atoms with Gasteiger partial charge in [0.2, 0.25) is 0 Å². The van der Waals surface area contributed by atoms with Gasteiger partial charge in [0.15, 0.2) is 0 Å². The highest BCUT2D eigenvalue weighted by molar-refractivity contribution is 5.93. The Morgan fingerprint density at radius 3 is 1.79 bits per heavy atom. The molecule has 2 aromatic carbocycles. The van der Waals surface area contributed by atoms with Crippen molar-refractivity contribution in [2.24, 2.45) is 0 Å². The molecule has 0 spiro atoms. The predicted molar refractivity (Wildman–Crippen MR) is 103 cm³/mol. The van der Waals surface area contributed by atoms with E-state index < -0.39 is 0 Å². The molecule has 0 saturated carbocycles. The largest absolute Gasteiger partial charge is 0.320 e. The molecule has 3 nitrogen and oxygen atoms in total. The van der Waals surface area contributed by atoms with Gasteiger partial charge in [-0.25, -0.2) is 4.79 Å². The number of halogens is 1. The van der Waals surface area contributed by atoms with Crippen LogP contribution in [0.25, 0.3) is 0 Å². The van der Waals surface area contributed by atoms with Gasteiger partial charge in [0, 0.05) is 30.8 Å². The molecule has 1 heterocycles. The summed E-state index contributed by atoms with van der Waals surface area (Å²) in [7, 11) is 0. The number of benzene rings is 2. The molecular weight excluding hydrogens is 320 g/mol. The zero-order valence-corrected chi connectivity index (χ0v) is 15.0. The van der Waals surface area contributed by atoms with Crippen LogP contribution in [0.15, 0.2) is 60.7 Å². The highest BCUT2D eigenvalue weighted by atomic mass is 35.5. The lowest BCUT2D eigenvalue weighted by Crippen LogP contribution is -2.52. The van der Waals surface area contributed by atoms with Gasteiger partial charge in [-0.1, -0.05) is 36.4 Å². The molecule has 0 radical (unpaired) electrons. The summed E-state index contributed by atoms with van der Waals surface area (Å²) in [6, 6.07) is 20.4. The van der Waals surface area contributed by atoms with Crippen LogP contribution in [0, 0.1) is 0 Å². The molecule has 2 aromatic rings. The fourth-order valence-corrected chi connectivity index (χ4v) is 3.59. The van der Waals surface area contributed by atoms with Crippen LogP contribution in [-0.4, -0.2) is 37.0 Å². The van der Waals surface area contributed by atoms with Crippen molar-refractivity contribution in [3.63, 3.8) is 0 Å². The van der Waals surface area contributed by atoms with Crippen molar-refractivity contribution in [2.75, 3.05) is 26.2 Å². The summed E-state index contributed by atoms with van der Waals surface area (Å²) in [6.07, 6.45) is 2.55. The van der Waals surface area contributed by atoms with E-state index in [1.165, 1.54) is 12.8 Å². The second-order valence-corrected chi connectivity index (χ2v) is 6.27. The van der Waals surface area contributed by atoms with Crippen LogP contribution in [0.4, 0.5) is 11.4 Å². The number of likely N-dealkylation sites (tertiary alicyclic amines) is 1. The van der Waals surface area contributed by atoms with Gasteiger partial charge in [-0.2, -0.15) is 4.48 Å². The van der Waals surface area contributed by atoms with Crippen LogP contribution in [-0.2, 0) is 4.79 Å². The molecule has 1 aliphatic rings. The standard InChI is InChI=1S/C20H25N2O.ClH/c1-18(23)22(19-10-4-2-5-11-19,20-12-6-3-7-13-20)17-16-21-14-8-9-15-21;/h2-7,10-13H,8-9,14-17H2,1H3;1H/q+1;. The average Bonchev–Trinajstić information content (AvgIpc) is 3.11. The average molecular weight is 346 g/mol. The molecule has 128 valence electrons. The molecule has 24 heavy (non-hydrogen) atoms. The van der Waals surface area contributed by atoms with Crippen LogP contribution < -0.4 is 4.48 Å². The number of hydrogen-bond acceptors (Lipinski definition) is 2. The minimum Gasteiger partial charge on any atom is -0.298 e.